The van der Waals surface area contributed by atoms with Gasteiger partial charge in [0.25, 0.3) is 0 Å². The van der Waals surface area contributed by atoms with E-state index in [0.29, 0.717) is 16.5 Å². The number of amides is 1. The summed E-state index contributed by atoms with van der Waals surface area (Å²) < 4.78 is 13.3. The van der Waals surface area contributed by atoms with Crippen LogP contribution in [0.15, 0.2) is 47.5 Å². The van der Waals surface area contributed by atoms with Crippen molar-refractivity contribution < 1.29 is 14.3 Å². The molecule has 1 aliphatic rings. The molecule has 3 N–H and O–H groups in total. The first-order valence-corrected chi connectivity index (χ1v) is 9.16. The first kappa shape index (κ1) is 18.0. The van der Waals surface area contributed by atoms with E-state index in [2.05, 4.69) is 20.2 Å². The van der Waals surface area contributed by atoms with Crippen molar-refractivity contribution in [1.82, 2.24) is 10.3 Å². The Morgan fingerprint density at radius 1 is 1.32 bits per heavy atom. The average molecular weight is 380 g/mol. The minimum absolute atomic E-state index is 0.000179. The Balaban J connectivity index is 1.48. The van der Waals surface area contributed by atoms with E-state index in [1.54, 1.807) is 12.3 Å². The highest BCUT2D eigenvalue weighted by Crippen LogP contribution is 2.28. The quantitative estimate of drug-likeness (QED) is 0.606. The second-order valence-corrected chi connectivity index (χ2v) is 6.98. The number of aliphatic imine (C=N–C) groups is 1. The number of nitrogens with zero attached hydrogens (tertiary/aromatic N) is 2. The highest BCUT2D eigenvalue weighted by atomic mass is 19.1. The molecular formula is C21H21FN4O2. The molecule has 1 saturated heterocycles. The van der Waals surface area contributed by atoms with Crippen LogP contribution in [0.5, 0.6) is 5.88 Å². The number of nitrogens with one attached hydrogen (secondary N) is 2. The van der Waals surface area contributed by atoms with Crippen LogP contribution in [-0.4, -0.2) is 41.3 Å². The lowest BCUT2D eigenvalue weighted by molar-refractivity contribution is -0.119. The van der Waals surface area contributed by atoms with Gasteiger partial charge in [-0.25, -0.2) is 4.39 Å². The lowest BCUT2D eigenvalue weighted by Gasteiger charge is -2.18. The minimum atomic E-state index is -0.365. The molecule has 1 fully saturated rings. The highest BCUT2D eigenvalue weighted by Gasteiger charge is 2.23. The summed E-state index contributed by atoms with van der Waals surface area (Å²) in [5.74, 6) is -0.405. The molecule has 3 aromatic rings. The normalized spacial score (nSPS) is 16.9. The van der Waals surface area contributed by atoms with E-state index in [1.165, 1.54) is 19.1 Å². The van der Waals surface area contributed by atoms with Crippen LogP contribution in [0, 0.1) is 5.82 Å². The zero-order chi connectivity index (χ0) is 19.7. The maximum absolute atomic E-state index is 13.3. The fourth-order valence-electron chi connectivity index (χ4n) is 3.60. The average Bonchev–Trinajstić information content (AvgIpc) is 3.23. The summed E-state index contributed by atoms with van der Waals surface area (Å²) in [5.41, 5.74) is 2.88. The largest absolute Gasteiger partial charge is 0.494 e. The van der Waals surface area contributed by atoms with E-state index in [9.17, 15) is 14.3 Å². The molecule has 0 spiro atoms. The number of carbonyl (C=O) groups is 1. The Hall–Kier alpha value is -3.35. The summed E-state index contributed by atoms with van der Waals surface area (Å²) >= 11 is 0. The monoisotopic (exact) mass is 380 g/mol. The van der Waals surface area contributed by atoms with Crippen LogP contribution < -0.4 is 10.2 Å². The molecule has 0 aliphatic carbocycles. The van der Waals surface area contributed by atoms with Gasteiger partial charge in [0.2, 0.25) is 5.91 Å². The lowest BCUT2D eigenvalue weighted by Crippen LogP contribution is -2.35. The number of aromatic nitrogens is 1. The van der Waals surface area contributed by atoms with Crippen LogP contribution in [0.3, 0.4) is 0 Å². The van der Waals surface area contributed by atoms with Crippen LogP contribution in [0.1, 0.15) is 18.9 Å². The topological polar surface area (TPSA) is 80.7 Å². The molecule has 1 aromatic heterocycles. The van der Waals surface area contributed by atoms with Crippen molar-refractivity contribution in [2.75, 3.05) is 18.0 Å². The molecule has 2 heterocycles. The number of hydrogen-bond acceptors (Lipinski definition) is 4. The third kappa shape index (κ3) is 3.69. The van der Waals surface area contributed by atoms with E-state index in [1.807, 2.05) is 24.3 Å². The number of aromatic hydroxyl groups is 1. The van der Waals surface area contributed by atoms with Gasteiger partial charge >= 0.3 is 0 Å². The molecule has 0 radical (unpaired) electrons. The number of H-pyrrole nitrogens is 1. The van der Waals surface area contributed by atoms with Crippen LogP contribution in [0.25, 0.3) is 10.9 Å². The van der Waals surface area contributed by atoms with Crippen LogP contribution >= 0.6 is 0 Å². The van der Waals surface area contributed by atoms with Gasteiger partial charge in [-0.15, -0.1) is 0 Å². The van der Waals surface area contributed by atoms with Crippen molar-refractivity contribution in [3.8, 4) is 5.88 Å². The molecule has 2 aromatic carbocycles. The number of aromatic amines is 1. The van der Waals surface area contributed by atoms with Crippen molar-refractivity contribution in [3.05, 3.63) is 53.8 Å². The van der Waals surface area contributed by atoms with E-state index in [4.69, 9.17) is 0 Å². The molecule has 0 bridgehead atoms. The van der Waals surface area contributed by atoms with Crippen molar-refractivity contribution in [1.29, 1.82) is 0 Å². The van der Waals surface area contributed by atoms with Gasteiger partial charge in [0.05, 0.1) is 16.8 Å². The van der Waals surface area contributed by atoms with Gasteiger partial charge in [0.1, 0.15) is 5.82 Å². The van der Waals surface area contributed by atoms with E-state index < -0.39 is 0 Å². The molecule has 1 atom stereocenters. The first-order valence-electron chi connectivity index (χ1n) is 9.16. The predicted octanol–water partition coefficient (Wildman–Crippen LogP) is 3.48. The molecule has 1 unspecified atom stereocenters. The third-order valence-corrected chi connectivity index (χ3v) is 4.93. The van der Waals surface area contributed by atoms with Crippen LogP contribution in [0.4, 0.5) is 15.8 Å². The van der Waals surface area contributed by atoms with Crippen molar-refractivity contribution in [3.63, 3.8) is 0 Å². The maximum Gasteiger partial charge on any atom is 0.217 e. The van der Waals surface area contributed by atoms with Gasteiger partial charge < -0.3 is 20.3 Å². The molecule has 6 nitrogen and oxygen atoms in total. The molecule has 1 aliphatic heterocycles. The standard InChI is InChI=1S/C21H21FN4O2/c1-13(27)24-16-8-9-26(12-16)17-5-3-15(4-6-17)23-11-19-18-7-2-14(22)10-20(18)25-21(19)28/h2-7,10-11,16,25,28H,8-9,12H2,1H3,(H,24,27). The fraction of sp³-hybridized carbons (Fsp3) is 0.238. The summed E-state index contributed by atoms with van der Waals surface area (Å²) in [7, 11) is 0. The Morgan fingerprint density at radius 2 is 2.11 bits per heavy atom. The minimum Gasteiger partial charge on any atom is -0.494 e. The van der Waals surface area contributed by atoms with Crippen molar-refractivity contribution >= 4 is 34.4 Å². The Bertz CT molecular complexity index is 1040. The maximum atomic E-state index is 13.3. The number of benzene rings is 2. The highest BCUT2D eigenvalue weighted by molar-refractivity contribution is 6.02. The van der Waals surface area contributed by atoms with Crippen LogP contribution in [-0.2, 0) is 4.79 Å². The zero-order valence-electron chi connectivity index (χ0n) is 15.4. The number of hydrogen-bond donors (Lipinski definition) is 3. The summed E-state index contributed by atoms with van der Waals surface area (Å²) in [6, 6.07) is 12.3. The Labute approximate surface area is 161 Å². The number of carbonyl (C=O) groups excluding carboxylic acids is 1. The third-order valence-electron chi connectivity index (χ3n) is 4.93. The van der Waals surface area contributed by atoms with E-state index in [-0.39, 0.29) is 23.6 Å². The van der Waals surface area contributed by atoms with Gasteiger partial charge in [-0.1, -0.05) is 0 Å². The fourth-order valence-corrected chi connectivity index (χ4v) is 3.60. The van der Waals surface area contributed by atoms with Gasteiger partial charge in [-0.3, -0.25) is 9.79 Å². The number of rotatable bonds is 4. The molecule has 1 amide bonds. The Kier molecular flexibility index (Phi) is 4.73. The van der Waals surface area contributed by atoms with Crippen LogP contribution in [0.2, 0.25) is 0 Å². The van der Waals surface area contributed by atoms with E-state index >= 15 is 0 Å². The van der Waals surface area contributed by atoms with Crippen molar-refractivity contribution in [2.24, 2.45) is 4.99 Å². The zero-order valence-corrected chi connectivity index (χ0v) is 15.4. The summed E-state index contributed by atoms with van der Waals surface area (Å²) in [4.78, 5) is 20.6. The van der Waals surface area contributed by atoms with Crippen molar-refractivity contribution in [2.45, 2.75) is 19.4 Å². The predicted molar refractivity (Wildman–Crippen MR) is 108 cm³/mol. The van der Waals surface area contributed by atoms with E-state index in [0.717, 1.165) is 30.9 Å². The van der Waals surface area contributed by atoms with Gasteiger partial charge in [0.15, 0.2) is 5.88 Å². The molecule has 7 heteroatoms. The SMILES string of the molecule is CC(=O)NC1CCN(c2ccc(N=Cc3c(O)[nH]c4cc(F)ccc34)cc2)C1. The lowest BCUT2D eigenvalue weighted by atomic mass is 10.2. The molecule has 4 rings (SSSR count). The second kappa shape index (κ2) is 7.34. The smallest absolute Gasteiger partial charge is 0.217 e. The summed E-state index contributed by atoms with van der Waals surface area (Å²) in [6.45, 7) is 3.23. The first-order chi connectivity index (χ1) is 13.5. The number of halogens is 1. The molecule has 28 heavy (non-hydrogen) atoms. The molecular weight excluding hydrogens is 359 g/mol. The summed E-state index contributed by atoms with van der Waals surface area (Å²) in [5, 5.41) is 13.7. The number of anilines is 1. The molecule has 0 saturated carbocycles. The molecule has 144 valence electrons. The Morgan fingerprint density at radius 3 is 2.86 bits per heavy atom. The van der Waals surface area contributed by atoms with Gasteiger partial charge in [-0.05, 0) is 48.9 Å². The van der Waals surface area contributed by atoms with Gasteiger partial charge in [0, 0.05) is 43.3 Å². The number of fused-ring (bicyclic) bond motifs is 1. The van der Waals surface area contributed by atoms with Gasteiger partial charge in [-0.2, -0.15) is 0 Å². The summed E-state index contributed by atoms with van der Waals surface area (Å²) in [6.07, 6.45) is 2.50. The second-order valence-electron chi connectivity index (χ2n) is 6.98.